The van der Waals surface area contributed by atoms with Gasteiger partial charge in [0.1, 0.15) is 6.61 Å². The summed E-state index contributed by atoms with van der Waals surface area (Å²) in [7, 11) is 0. The highest BCUT2D eigenvalue weighted by molar-refractivity contribution is 6.31. The fourth-order valence-electron chi connectivity index (χ4n) is 3.95. The fourth-order valence-corrected chi connectivity index (χ4v) is 4.22. The van der Waals surface area contributed by atoms with Crippen molar-refractivity contribution in [3.05, 3.63) is 94.5 Å². The van der Waals surface area contributed by atoms with Gasteiger partial charge in [0.25, 0.3) is 0 Å². The molecule has 5 nitrogen and oxygen atoms in total. The quantitative estimate of drug-likeness (QED) is 0.559. The van der Waals surface area contributed by atoms with Gasteiger partial charge in [-0.2, -0.15) is 0 Å². The lowest BCUT2D eigenvalue weighted by Crippen LogP contribution is -2.31. The minimum absolute atomic E-state index is 0.0682. The number of fused-ring (bicyclic) bond motifs is 3. The van der Waals surface area contributed by atoms with E-state index in [1.54, 1.807) is 24.3 Å². The molecule has 30 heavy (non-hydrogen) atoms. The Balaban J connectivity index is 1.49. The van der Waals surface area contributed by atoms with E-state index in [0.717, 1.165) is 22.3 Å². The van der Waals surface area contributed by atoms with Crippen molar-refractivity contribution < 1.29 is 19.4 Å². The molecule has 152 valence electrons. The number of ether oxygens (including phenoxy) is 1. The van der Waals surface area contributed by atoms with Crippen LogP contribution in [0.4, 0.5) is 4.79 Å². The van der Waals surface area contributed by atoms with Crippen LogP contribution in [0.25, 0.3) is 11.1 Å². The molecule has 3 aromatic carbocycles. The Kier molecular flexibility index (Phi) is 5.72. The standard InChI is InChI=1S/C24H20ClNO4/c25-21-12-6-5-11-19(21)22(13-23(27)28)26-24(29)30-14-20-17-9-3-1-7-15(17)16-8-2-4-10-18(16)20/h1-12,20,22H,13-14H2,(H,26,29)(H,27,28)/t22-/m0/s1. The number of carbonyl (C=O) groups is 2. The number of alkyl carbamates (subject to hydrolysis) is 1. The van der Waals surface area contributed by atoms with Crippen molar-refractivity contribution in [3.8, 4) is 11.1 Å². The summed E-state index contributed by atoms with van der Waals surface area (Å²) in [6.07, 6.45) is -0.975. The first kappa shape index (κ1) is 20.0. The van der Waals surface area contributed by atoms with Crippen LogP contribution in [-0.4, -0.2) is 23.8 Å². The summed E-state index contributed by atoms with van der Waals surface area (Å²) in [4.78, 5) is 23.8. The third-order valence-electron chi connectivity index (χ3n) is 5.30. The largest absolute Gasteiger partial charge is 0.481 e. The summed E-state index contributed by atoms with van der Waals surface area (Å²) in [6.45, 7) is 0.155. The van der Waals surface area contributed by atoms with Crippen LogP contribution in [-0.2, 0) is 9.53 Å². The minimum atomic E-state index is -1.04. The predicted molar refractivity (Wildman–Crippen MR) is 115 cm³/mol. The van der Waals surface area contributed by atoms with Crippen LogP contribution in [0.15, 0.2) is 72.8 Å². The summed E-state index contributed by atoms with van der Waals surface area (Å²) in [5.74, 6) is -1.11. The third kappa shape index (κ3) is 4.02. The second-order valence-electron chi connectivity index (χ2n) is 7.14. The van der Waals surface area contributed by atoms with Crippen molar-refractivity contribution in [2.45, 2.75) is 18.4 Å². The first-order valence-corrected chi connectivity index (χ1v) is 10.00. The molecule has 0 fully saturated rings. The molecule has 3 aromatic rings. The van der Waals surface area contributed by atoms with Gasteiger partial charge >= 0.3 is 12.1 Å². The molecule has 0 saturated heterocycles. The van der Waals surface area contributed by atoms with Gasteiger partial charge in [0.15, 0.2) is 0 Å². The van der Waals surface area contributed by atoms with Gasteiger partial charge in [0, 0.05) is 10.9 Å². The number of carboxylic acid groups (broad SMARTS) is 1. The monoisotopic (exact) mass is 421 g/mol. The highest BCUT2D eigenvalue weighted by Crippen LogP contribution is 2.44. The molecule has 0 bridgehead atoms. The highest BCUT2D eigenvalue weighted by Gasteiger charge is 2.29. The average Bonchev–Trinajstić information content (AvgIpc) is 3.06. The fraction of sp³-hybridized carbons (Fsp3) is 0.167. The topological polar surface area (TPSA) is 75.6 Å². The normalized spacial score (nSPS) is 13.2. The molecule has 0 radical (unpaired) electrons. The van der Waals surface area contributed by atoms with Crippen LogP contribution >= 0.6 is 11.6 Å². The molecular formula is C24H20ClNO4. The number of carboxylic acids is 1. The molecule has 0 spiro atoms. The summed E-state index contributed by atoms with van der Waals surface area (Å²) in [5, 5.41) is 12.3. The molecule has 0 unspecified atom stereocenters. The minimum Gasteiger partial charge on any atom is -0.481 e. The second-order valence-corrected chi connectivity index (χ2v) is 7.55. The van der Waals surface area contributed by atoms with Crippen LogP contribution in [0.5, 0.6) is 0 Å². The Morgan fingerprint density at radius 2 is 1.50 bits per heavy atom. The molecule has 2 N–H and O–H groups in total. The molecule has 1 amide bonds. The zero-order valence-corrected chi connectivity index (χ0v) is 16.8. The van der Waals surface area contributed by atoms with E-state index in [1.165, 1.54) is 0 Å². The summed E-state index contributed by atoms with van der Waals surface area (Å²) >= 11 is 6.19. The molecule has 4 rings (SSSR count). The predicted octanol–water partition coefficient (Wildman–Crippen LogP) is 5.39. The van der Waals surface area contributed by atoms with Crippen molar-refractivity contribution in [2.24, 2.45) is 0 Å². The Bertz CT molecular complexity index is 1050. The van der Waals surface area contributed by atoms with Crippen molar-refractivity contribution in [2.75, 3.05) is 6.61 Å². The Labute approximate surface area is 179 Å². The zero-order chi connectivity index (χ0) is 21.1. The van der Waals surface area contributed by atoms with Crippen molar-refractivity contribution in [1.82, 2.24) is 5.32 Å². The molecule has 1 aliphatic carbocycles. The molecule has 0 heterocycles. The SMILES string of the molecule is O=C(O)C[C@H](NC(=O)OCC1c2ccccc2-c2ccccc21)c1ccccc1Cl. The first-order chi connectivity index (χ1) is 14.5. The number of carbonyl (C=O) groups excluding carboxylic acids is 1. The second kappa shape index (κ2) is 8.59. The van der Waals surface area contributed by atoms with Crippen LogP contribution in [0, 0.1) is 0 Å². The van der Waals surface area contributed by atoms with Crippen molar-refractivity contribution in [1.29, 1.82) is 0 Å². The van der Waals surface area contributed by atoms with E-state index in [4.69, 9.17) is 16.3 Å². The van der Waals surface area contributed by atoms with E-state index in [-0.39, 0.29) is 18.9 Å². The van der Waals surface area contributed by atoms with E-state index in [0.29, 0.717) is 10.6 Å². The molecule has 1 aliphatic rings. The van der Waals surface area contributed by atoms with Gasteiger partial charge in [-0.15, -0.1) is 0 Å². The average molecular weight is 422 g/mol. The number of amides is 1. The van der Waals surface area contributed by atoms with Gasteiger partial charge < -0.3 is 15.2 Å². The van der Waals surface area contributed by atoms with Gasteiger partial charge in [-0.05, 0) is 33.9 Å². The number of benzene rings is 3. The van der Waals surface area contributed by atoms with Gasteiger partial charge in [-0.1, -0.05) is 78.3 Å². The van der Waals surface area contributed by atoms with E-state index in [1.807, 2.05) is 36.4 Å². The lowest BCUT2D eigenvalue weighted by molar-refractivity contribution is -0.137. The van der Waals surface area contributed by atoms with Gasteiger partial charge in [0.05, 0.1) is 12.5 Å². The van der Waals surface area contributed by atoms with Crippen LogP contribution in [0.2, 0.25) is 5.02 Å². The molecule has 0 saturated carbocycles. The Morgan fingerprint density at radius 1 is 0.933 bits per heavy atom. The lowest BCUT2D eigenvalue weighted by atomic mass is 9.98. The van der Waals surface area contributed by atoms with Gasteiger partial charge in [-0.3, -0.25) is 4.79 Å². The first-order valence-electron chi connectivity index (χ1n) is 9.62. The van der Waals surface area contributed by atoms with E-state index in [2.05, 4.69) is 17.4 Å². The van der Waals surface area contributed by atoms with Crippen molar-refractivity contribution >= 4 is 23.7 Å². The number of hydrogen-bond acceptors (Lipinski definition) is 3. The summed E-state index contributed by atoms with van der Waals surface area (Å²) in [6, 6.07) is 22.2. The number of halogens is 1. The van der Waals surface area contributed by atoms with Crippen LogP contribution in [0.3, 0.4) is 0 Å². The van der Waals surface area contributed by atoms with E-state index < -0.39 is 18.1 Å². The maximum Gasteiger partial charge on any atom is 0.407 e. The summed E-state index contributed by atoms with van der Waals surface area (Å²) < 4.78 is 5.53. The molecule has 1 atom stereocenters. The Hall–Kier alpha value is -3.31. The maximum absolute atomic E-state index is 12.5. The Morgan fingerprint density at radius 3 is 2.10 bits per heavy atom. The maximum atomic E-state index is 12.5. The van der Waals surface area contributed by atoms with Crippen LogP contribution < -0.4 is 5.32 Å². The zero-order valence-electron chi connectivity index (χ0n) is 16.0. The summed E-state index contributed by atoms with van der Waals surface area (Å²) in [5.41, 5.74) is 5.04. The number of nitrogens with one attached hydrogen (secondary N) is 1. The smallest absolute Gasteiger partial charge is 0.407 e. The van der Waals surface area contributed by atoms with Gasteiger partial charge in [-0.25, -0.2) is 4.79 Å². The molecule has 0 aliphatic heterocycles. The van der Waals surface area contributed by atoms with E-state index in [9.17, 15) is 14.7 Å². The molecule has 0 aromatic heterocycles. The number of rotatable bonds is 6. The molecular weight excluding hydrogens is 402 g/mol. The third-order valence-corrected chi connectivity index (χ3v) is 5.64. The number of aliphatic carboxylic acids is 1. The van der Waals surface area contributed by atoms with Crippen molar-refractivity contribution in [3.63, 3.8) is 0 Å². The lowest BCUT2D eigenvalue weighted by Gasteiger charge is -2.20. The van der Waals surface area contributed by atoms with E-state index >= 15 is 0 Å². The van der Waals surface area contributed by atoms with Gasteiger partial charge in [0.2, 0.25) is 0 Å². The number of hydrogen-bond donors (Lipinski definition) is 2. The van der Waals surface area contributed by atoms with Crippen LogP contribution in [0.1, 0.15) is 35.1 Å². The molecule has 6 heteroatoms. The highest BCUT2D eigenvalue weighted by atomic mass is 35.5.